The summed E-state index contributed by atoms with van der Waals surface area (Å²) in [7, 11) is 0. The zero-order valence-electron chi connectivity index (χ0n) is 18.1. The van der Waals surface area contributed by atoms with Gasteiger partial charge in [0.05, 0.1) is 35.4 Å². The molecule has 0 spiro atoms. The molecule has 2 N–H and O–H groups in total. The van der Waals surface area contributed by atoms with E-state index in [0.29, 0.717) is 18.6 Å². The monoisotopic (exact) mass is 475 g/mol. The van der Waals surface area contributed by atoms with Crippen LogP contribution >= 0.6 is 0 Å². The van der Waals surface area contributed by atoms with E-state index in [1.165, 1.54) is 18.2 Å². The van der Waals surface area contributed by atoms with Crippen molar-refractivity contribution in [1.29, 1.82) is 5.26 Å². The molecule has 1 unspecified atom stereocenters. The number of hydrogen-bond donors (Lipinski definition) is 2. The van der Waals surface area contributed by atoms with Crippen molar-refractivity contribution >= 4 is 17.5 Å². The van der Waals surface area contributed by atoms with Gasteiger partial charge in [0.25, 0.3) is 0 Å². The summed E-state index contributed by atoms with van der Waals surface area (Å²) in [6, 6.07) is 7.19. The molecule has 0 heterocycles. The van der Waals surface area contributed by atoms with Crippen molar-refractivity contribution in [2.45, 2.75) is 38.4 Å². The molecule has 0 aromatic heterocycles. The Morgan fingerprint density at radius 1 is 1.21 bits per heavy atom. The summed E-state index contributed by atoms with van der Waals surface area (Å²) in [5.74, 6) is -0.861. The predicted molar refractivity (Wildman–Crippen MR) is 115 cm³/mol. The molecular weight excluding hydrogens is 454 g/mol. The summed E-state index contributed by atoms with van der Waals surface area (Å²) in [5, 5.41) is 13.8. The van der Waals surface area contributed by atoms with E-state index < -0.39 is 29.6 Å². The highest BCUT2D eigenvalue weighted by atomic mass is 19.4. The molecule has 2 aromatic carbocycles. The number of Topliss-reactive ketones (excluding diaryl/α,β-unsaturated/α-hetero) is 1. The van der Waals surface area contributed by atoms with Crippen molar-refractivity contribution in [2.24, 2.45) is 0 Å². The average Bonchev–Trinajstić information content (AvgIpc) is 2.78. The van der Waals surface area contributed by atoms with Crippen LogP contribution in [0.1, 0.15) is 48.9 Å². The highest BCUT2D eigenvalue weighted by Gasteiger charge is 2.33. The number of nitriles is 1. The maximum Gasteiger partial charge on any atom is 0.416 e. The number of nitrogens with one attached hydrogen (secondary N) is 2. The van der Waals surface area contributed by atoms with E-state index in [9.17, 15) is 27.2 Å². The molecule has 3 rings (SSSR count). The molecule has 2 aromatic rings. The van der Waals surface area contributed by atoms with Gasteiger partial charge in [-0.25, -0.2) is 9.18 Å². The highest BCUT2D eigenvalue weighted by molar-refractivity contribution is 5.99. The van der Waals surface area contributed by atoms with Crippen molar-refractivity contribution in [3.8, 4) is 6.07 Å². The molecule has 34 heavy (non-hydrogen) atoms. The Morgan fingerprint density at radius 2 is 1.97 bits per heavy atom. The van der Waals surface area contributed by atoms with Gasteiger partial charge in [0, 0.05) is 24.1 Å². The minimum atomic E-state index is -4.60. The van der Waals surface area contributed by atoms with Crippen molar-refractivity contribution in [2.75, 3.05) is 11.9 Å². The molecule has 1 aliphatic rings. The summed E-state index contributed by atoms with van der Waals surface area (Å²) in [6.07, 6.45) is -3.51. The van der Waals surface area contributed by atoms with Crippen LogP contribution in [0.25, 0.3) is 0 Å². The van der Waals surface area contributed by atoms with Crippen molar-refractivity contribution in [1.82, 2.24) is 5.32 Å². The number of allylic oxidation sites excluding steroid dienone is 1. The van der Waals surface area contributed by atoms with Crippen LogP contribution in [-0.2, 0) is 15.7 Å². The number of urea groups is 1. The second-order valence-corrected chi connectivity index (χ2v) is 7.50. The molecule has 0 radical (unpaired) electrons. The molecule has 0 saturated carbocycles. The van der Waals surface area contributed by atoms with Crippen LogP contribution < -0.4 is 10.6 Å². The van der Waals surface area contributed by atoms with E-state index in [1.54, 1.807) is 13.0 Å². The van der Waals surface area contributed by atoms with E-state index in [0.717, 1.165) is 24.3 Å². The molecule has 6 nitrogen and oxygen atoms in total. The third kappa shape index (κ3) is 5.73. The first kappa shape index (κ1) is 24.8. The largest absolute Gasteiger partial charge is 0.498 e. The second-order valence-electron chi connectivity index (χ2n) is 7.50. The number of nitrogens with zero attached hydrogens (tertiary/aromatic N) is 1. The normalized spacial score (nSPS) is 14.9. The van der Waals surface area contributed by atoms with Crippen molar-refractivity contribution in [3.05, 3.63) is 76.3 Å². The lowest BCUT2D eigenvalue weighted by atomic mass is 9.87. The molecule has 0 fully saturated rings. The van der Waals surface area contributed by atoms with Crippen molar-refractivity contribution < 1.29 is 31.9 Å². The van der Waals surface area contributed by atoms with Gasteiger partial charge in [0.2, 0.25) is 0 Å². The molecule has 0 aliphatic heterocycles. The number of carbonyl (C=O) groups excluding carboxylic acids is 2. The number of ether oxygens (including phenoxy) is 1. The summed E-state index contributed by atoms with van der Waals surface area (Å²) < 4.78 is 59.5. The van der Waals surface area contributed by atoms with Crippen molar-refractivity contribution in [3.63, 3.8) is 0 Å². The SMILES string of the molecule is CCOC1=C(C(NC(=O)Nc2cccc(C(F)(F)F)c2)c2ccc(C#N)cc2F)C(=O)CCC1. The Labute approximate surface area is 193 Å². The molecule has 178 valence electrons. The molecule has 0 bridgehead atoms. The fourth-order valence-corrected chi connectivity index (χ4v) is 3.69. The molecular formula is C24H21F4N3O3. The van der Waals surface area contributed by atoms with Crippen LogP contribution in [0.3, 0.4) is 0 Å². The lowest BCUT2D eigenvalue weighted by Gasteiger charge is -2.27. The number of hydrogen-bond acceptors (Lipinski definition) is 4. The van der Waals surface area contributed by atoms with Crippen LogP contribution in [0.4, 0.5) is 28.0 Å². The maximum absolute atomic E-state index is 14.9. The van der Waals surface area contributed by atoms with Gasteiger partial charge in [-0.1, -0.05) is 12.1 Å². The Kier molecular flexibility index (Phi) is 7.56. The predicted octanol–water partition coefficient (Wildman–Crippen LogP) is 5.62. The number of rotatable bonds is 6. The quantitative estimate of drug-likeness (QED) is 0.531. The van der Waals surface area contributed by atoms with Gasteiger partial charge in [-0.2, -0.15) is 18.4 Å². The number of anilines is 1. The van der Waals surface area contributed by atoms with Crippen LogP contribution in [0.15, 0.2) is 53.8 Å². The zero-order valence-corrected chi connectivity index (χ0v) is 18.1. The van der Waals surface area contributed by atoms with Gasteiger partial charge in [-0.15, -0.1) is 0 Å². The summed E-state index contributed by atoms with van der Waals surface area (Å²) in [5.41, 5.74) is -1.07. The Morgan fingerprint density at radius 3 is 2.62 bits per heavy atom. The first-order valence-corrected chi connectivity index (χ1v) is 10.5. The Bertz CT molecular complexity index is 1170. The standard InChI is InChI=1S/C24H21F4N3O3/c1-2-34-20-8-4-7-19(32)21(20)22(17-10-9-14(13-29)11-18(17)25)31-23(33)30-16-6-3-5-15(12-16)24(26,27)28/h3,5-6,9-12,22H,2,4,7-8H2,1H3,(H2,30,31,33). The summed E-state index contributed by atoms with van der Waals surface area (Å²) >= 11 is 0. The number of benzene rings is 2. The van der Waals surface area contributed by atoms with Crippen LogP contribution in [0, 0.1) is 17.1 Å². The number of carbonyl (C=O) groups is 2. The fourth-order valence-electron chi connectivity index (χ4n) is 3.69. The van der Waals surface area contributed by atoms with E-state index in [1.807, 2.05) is 0 Å². The average molecular weight is 475 g/mol. The first-order valence-electron chi connectivity index (χ1n) is 10.5. The van der Waals surface area contributed by atoms with Gasteiger partial charge in [0.1, 0.15) is 11.6 Å². The highest BCUT2D eigenvalue weighted by Crippen LogP contribution is 2.35. The third-order valence-corrected chi connectivity index (χ3v) is 5.18. The number of alkyl halides is 3. The second kappa shape index (κ2) is 10.4. The Balaban J connectivity index is 1.99. The fraction of sp³-hybridized carbons (Fsp3) is 0.292. The van der Waals surface area contributed by atoms with Gasteiger partial charge in [0.15, 0.2) is 5.78 Å². The van der Waals surface area contributed by atoms with Crippen LogP contribution in [0.2, 0.25) is 0 Å². The smallest absolute Gasteiger partial charge is 0.416 e. The van der Waals surface area contributed by atoms with Gasteiger partial charge >= 0.3 is 12.2 Å². The van der Waals surface area contributed by atoms with E-state index in [-0.39, 0.29) is 41.2 Å². The summed E-state index contributed by atoms with van der Waals surface area (Å²) in [6.45, 7) is 1.96. The zero-order chi connectivity index (χ0) is 24.9. The Hall–Kier alpha value is -3.87. The van der Waals surface area contributed by atoms with E-state index >= 15 is 0 Å². The van der Waals surface area contributed by atoms with Gasteiger partial charge in [-0.3, -0.25) is 4.79 Å². The topological polar surface area (TPSA) is 91.2 Å². The van der Waals surface area contributed by atoms with Crippen LogP contribution in [-0.4, -0.2) is 18.4 Å². The van der Waals surface area contributed by atoms with Gasteiger partial charge < -0.3 is 15.4 Å². The number of halogens is 4. The lowest BCUT2D eigenvalue weighted by Crippen LogP contribution is -2.37. The lowest BCUT2D eigenvalue weighted by molar-refractivity contribution is -0.137. The maximum atomic E-state index is 14.9. The number of ketones is 1. The molecule has 1 atom stereocenters. The minimum Gasteiger partial charge on any atom is -0.498 e. The molecule has 10 heteroatoms. The molecule has 1 aliphatic carbocycles. The van der Waals surface area contributed by atoms with E-state index in [4.69, 9.17) is 10.00 Å². The molecule has 2 amide bonds. The third-order valence-electron chi connectivity index (χ3n) is 5.18. The van der Waals surface area contributed by atoms with Gasteiger partial charge in [-0.05, 0) is 43.7 Å². The first-order chi connectivity index (χ1) is 16.1. The van der Waals surface area contributed by atoms with E-state index in [2.05, 4.69) is 10.6 Å². The van der Waals surface area contributed by atoms with Crippen LogP contribution in [0.5, 0.6) is 0 Å². The molecule has 0 saturated heterocycles. The number of amides is 2. The summed E-state index contributed by atoms with van der Waals surface area (Å²) in [4.78, 5) is 25.6. The minimum absolute atomic E-state index is 0.0439.